The van der Waals surface area contributed by atoms with Crippen LogP contribution in [0.25, 0.3) is 0 Å². The van der Waals surface area contributed by atoms with E-state index in [2.05, 4.69) is 24.5 Å². The maximum absolute atomic E-state index is 11.3. The first-order valence-corrected chi connectivity index (χ1v) is 5.25. The number of hydrogen-bond donors (Lipinski definition) is 4. The highest BCUT2D eigenvalue weighted by Gasteiger charge is 2.45. The first-order valence-electron chi connectivity index (χ1n) is 5.25. The quantitative estimate of drug-likeness (QED) is 0.524. The monoisotopic (exact) mass is 230 g/mol. The van der Waals surface area contributed by atoms with Gasteiger partial charge in [0, 0.05) is 6.54 Å². The molecule has 0 spiro atoms. The zero-order chi connectivity index (χ0) is 12.3. The highest BCUT2D eigenvalue weighted by Crippen LogP contribution is 2.50. The van der Waals surface area contributed by atoms with Crippen molar-refractivity contribution in [3.8, 4) is 0 Å². The number of amides is 2. The smallest absolute Gasteiger partial charge is 0.328 e. The molecule has 1 aliphatic carbocycles. The Morgan fingerprint density at radius 3 is 2.44 bits per heavy atom. The second-order valence-corrected chi connectivity index (χ2v) is 4.82. The van der Waals surface area contributed by atoms with E-state index in [1.165, 1.54) is 0 Å². The minimum atomic E-state index is -1.25. The molecule has 0 aromatic carbocycles. The van der Waals surface area contributed by atoms with Crippen LogP contribution in [0.1, 0.15) is 20.3 Å². The van der Waals surface area contributed by atoms with E-state index in [1.54, 1.807) is 0 Å². The van der Waals surface area contributed by atoms with Gasteiger partial charge >= 0.3 is 12.0 Å². The van der Waals surface area contributed by atoms with Crippen LogP contribution in [-0.2, 0) is 4.79 Å². The first-order chi connectivity index (χ1) is 7.36. The van der Waals surface area contributed by atoms with Crippen molar-refractivity contribution in [2.24, 2.45) is 11.3 Å². The summed E-state index contributed by atoms with van der Waals surface area (Å²) in [5.41, 5.74) is 0.274. The standard InChI is InChI=1S/C10H18N2O4/c1-10(2)3-6(10)4-11-9(16)12-7(5-13)8(14)15/h6-7,13H,3-5H2,1-2H3,(H,14,15)(H2,11,12,16). The third-order valence-electron chi connectivity index (χ3n) is 3.01. The van der Waals surface area contributed by atoms with Gasteiger partial charge in [-0.15, -0.1) is 0 Å². The number of carbonyl (C=O) groups is 2. The van der Waals surface area contributed by atoms with Crippen LogP contribution in [0.5, 0.6) is 0 Å². The predicted molar refractivity (Wildman–Crippen MR) is 56.9 cm³/mol. The van der Waals surface area contributed by atoms with Crippen molar-refractivity contribution in [3.05, 3.63) is 0 Å². The van der Waals surface area contributed by atoms with Crippen molar-refractivity contribution >= 4 is 12.0 Å². The molecule has 0 aromatic heterocycles. The fourth-order valence-electron chi connectivity index (χ4n) is 1.54. The first kappa shape index (κ1) is 12.8. The maximum Gasteiger partial charge on any atom is 0.328 e. The molecule has 6 heteroatoms. The number of aliphatic hydroxyl groups is 1. The van der Waals surface area contributed by atoms with Crippen molar-refractivity contribution < 1.29 is 19.8 Å². The number of carboxylic acids is 1. The number of urea groups is 1. The van der Waals surface area contributed by atoms with E-state index in [0.29, 0.717) is 12.5 Å². The SMILES string of the molecule is CC1(C)CC1CNC(=O)NC(CO)C(=O)O. The number of aliphatic carboxylic acids is 1. The van der Waals surface area contributed by atoms with Gasteiger partial charge in [0.15, 0.2) is 6.04 Å². The fourth-order valence-corrected chi connectivity index (χ4v) is 1.54. The predicted octanol–water partition coefficient (Wildman–Crippen LogP) is -0.223. The van der Waals surface area contributed by atoms with Crippen LogP contribution in [-0.4, -0.2) is 41.4 Å². The molecule has 0 aliphatic heterocycles. The maximum atomic E-state index is 11.3. The molecule has 6 nitrogen and oxygen atoms in total. The van der Waals surface area contributed by atoms with Crippen LogP contribution in [0.2, 0.25) is 0 Å². The van der Waals surface area contributed by atoms with E-state index in [1.807, 2.05) is 0 Å². The van der Waals surface area contributed by atoms with E-state index >= 15 is 0 Å². The van der Waals surface area contributed by atoms with Gasteiger partial charge in [-0.2, -0.15) is 0 Å². The molecule has 1 saturated carbocycles. The van der Waals surface area contributed by atoms with Gasteiger partial charge in [-0.3, -0.25) is 0 Å². The second kappa shape index (κ2) is 4.69. The number of hydrogen-bond acceptors (Lipinski definition) is 3. The van der Waals surface area contributed by atoms with Crippen LogP contribution >= 0.6 is 0 Å². The fraction of sp³-hybridized carbons (Fsp3) is 0.800. The van der Waals surface area contributed by atoms with Crippen LogP contribution in [0.3, 0.4) is 0 Å². The van der Waals surface area contributed by atoms with Crippen LogP contribution in [0.15, 0.2) is 0 Å². The average Bonchev–Trinajstić information content (AvgIpc) is 2.79. The Hall–Kier alpha value is -1.30. The molecule has 2 amide bonds. The van der Waals surface area contributed by atoms with Gasteiger partial charge < -0.3 is 20.8 Å². The molecule has 1 aliphatic rings. The molecule has 0 radical (unpaired) electrons. The van der Waals surface area contributed by atoms with Crippen molar-refractivity contribution in [1.29, 1.82) is 0 Å². The lowest BCUT2D eigenvalue weighted by Gasteiger charge is -2.12. The van der Waals surface area contributed by atoms with Crippen molar-refractivity contribution in [2.75, 3.05) is 13.2 Å². The lowest BCUT2D eigenvalue weighted by Crippen LogP contribution is -2.48. The summed E-state index contributed by atoms with van der Waals surface area (Å²) in [6.45, 7) is 4.16. The Balaban J connectivity index is 2.23. The molecule has 0 heterocycles. The number of aliphatic hydroxyl groups excluding tert-OH is 1. The van der Waals surface area contributed by atoms with Crippen molar-refractivity contribution in [1.82, 2.24) is 10.6 Å². The minimum absolute atomic E-state index is 0.274. The average molecular weight is 230 g/mol. The summed E-state index contributed by atoms with van der Waals surface area (Å²) in [5.74, 6) is -0.792. The zero-order valence-electron chi connectivity index (χ0n) is 9.49. The molecule has 2 atom stereocenters. The van der Waals surface area contributed by atoms with Gasteiger partial charge in [-0.05, 0) is 17.8 Å². The van der Waals surface area contributed by atoms with Crippen molar-refractivity contribution in [3.63, 3.8) is 0 Å². The molecular formula is C10H18N2O4. The lowest BCUT2D eigenvalue weighted by atomic mass is 10.1. The zero-order valence-corrected chi connectivity index (χ0v) is 9.49. The van der Waals surface area contributed by atoms with Crippen LogP contribution in [0.4, 0.5) is 4.79 Å². The van der Waals surface area contributed by atoms with E-state index in [9.17, 15) is 9.59 Å². The minimum Gasteiger partial charge on any atom is -0.480 e. The van der Waals surface area contributed by atoms with Gasteiger partial charge in [-0.25, -0.2) is 9.59 Å². The molecule has 1 fully saturated rings. The third-order valence-corrected chi connectivity index (χ3v) is 3.01. The molecule has 0 bridgehead atoms. The number of carbonyl (C=O) groups excluding carboxylic acids is 1. The van der Waals surface area contributed by atoms with Gasteiger partial charge in [0.25, 0.3) is 0 Å². The molecule has 0 aromatic rings. The normalized spacial score (nSPS) is 23.3. The Morgan fingerprint density at radius 1 is 1.50 bits per heavy atom. The Kier molecular flexibility index (Phi) is 3.74. The van der Waals surface area contributed by atoms with Crippen LogP contribution < -0.4 is 10.6 Å². The van der Waals surface area contributed by atoms with E-state index in [4.69, 9.17) is 10.2 Å². The van der Waals surface area contributed by atoms with Gasteiger partial charge in [0.05, 0.1) is 6.61 Å². The van der Waals surface area contributed by atoms with Gasteiger partial charge in [0.2, 0.25) is 0 Å². The molecule has 2 unspecified atom stereocenters. The highest BCUT2D eigenvalue weighted by molar-refractivity contribution is 5.82. The van der Waals surface area contributed by atoms with E-state index in [0.717, 1.165) is 6.42 Å². The molecular weight excluding hydrogens is 212 g/mol. The summed E-state index contributed by atoms with van der Waals surface area (Å²) in [6, 6.07) is -1.80. The second-order valence-electron chi connectivity index (χ2n) is 4.82. The molecule has 4 N–H and O–H groups in total. The van der Waals surface area contributed by atoms with Crippen LogP contribution in [0, 0.1) is 11.3 Å². The van der Waals surface area contributed by atoms with E-state index < -0.39 is 24.6 Å². The molecule has 0 saturated heterocycles. The largest absolute Gasteiger partial charge is 0.480 e. The molecule has 16 heavy (non-hydrogen) atoms. The molecule has 92 valence electrons. The molecule has 1 rings (SSSR count). The summed E-state index contributed by atoms with van der Waals surface area (Å²) in [4.78, 5) is 21.8. The Labute approximate surface area is 94.0 Å². The summed E-state index contributed by atoms with van der Waals surface area (Å²) >= 11 is 0. The van der Waals surface area contributed by atoms with E-state index in [-0.39, 0.29) is 5.41 Å². The summed E-state index contributed by atoms with van der Waals surface area (Å²) in [7, 11) is 0. The van der Waals surface area contributed by atoms with Crippen molar-refractivity contribution in [2.45, 2.75) is 26.3 Å². The Bertz CT molecular complexity index is 291. The van der Waals surface area contributed by atoms with Gasteiger partial charge in [0.1, 0.15) is 0 Å². The number of carboxylic acid groups (broad SMARTS) is 1. The summed E-state index contributed by atoms with van der Waals surface area (Å²) < 4.78 is 0. The summed E-state index contributed by atoms with van der Waals surface area (Å²) in [5, 5.41) is 22.1. The third kappa shape index (κ3) is 3.37. The Morgan fingerprint density at radius 2 is 2.06 bits per heavy atom. The topological polar surface area (TPSA) is 98.7 Å². The lowest BCUT2D eigenvalue weighted by molar-refractivity contribution is -0.140. The summed E-state index contributed by atoms with van der Waals surface area (Å²) in [6.07, 6.45) is 1.07. The number of rotatable bonds is 5. The number of nitrogens with one attached hydrogen (secondary N) is 2. The highest BCUT2D eigenvalue weighted by atomic mass is 16.4. The van der Waals surface area contributed by atoms with Gasteiger partial charge in [-0.1, -0.05) is 13.8 Å².